The number of halogens is 3. The van der Waals surface area contributed by atoms with Gasteiger partial charge >= 0.3 is 0 Å². The third-order valence-corrected chi connectivity index (χ3v) is 3.10. The van der Waals surface area contributed by atoms with E-state index in [4.69, 9.17) is 17.3 Å². The summed E-state index contributed by atoms with van der Waals surface area (Å²) in [7, 11) is 0. The number of hydrogen-bond donors (Lipinski definition) is 1. The van der Waals surface area contributed by atoms with Crippen LogP contribution < -0.4 is 10.6 Å². The Labute approximate surface area is 106 Å². The molecule has 1 saturated heterocycles. The molecule has 0 bridgehead atoms. The Bertz CT molecular complexity index is 536. The molecule has 96 valence electrons. The van der Waals surface area contributed by atoms with Crippen LogP contribution in [0.4, 0.5) is 14.5 Å². The highest BCUT2D eigenvalue weighted by Crippen LogP contribution is 2.30. The maximum absolute atomic E-state index is 13.6. The Hall–Kier alpha value is -1.69. The Kier molecular flexibility index (Phi) is 3.21. The van der Waals surface area contributed by atoms with Crippen LogP contribution in [0.25, 0.3) is 0 Å². The Morgan fingerprint density at radius 2 is 2.06 bits per heavy atom. The summed E-state index contributed by atoms with van der Waals surface area (Å²) in [5.74, 6) is -3.55. The van der Waals surface area contributed by atoms with Crippen molar-refractivity contribution in [2.24, 2.45) is 11.7 Å². The van der Waals surface area contributed by atoms with Gasteiger partial charge in [0.25, 0.3) is 0 Å². The fourth-order valence-corrected chi connectivity index (χ4v) is 2.01. The van der Waals surface area contributed by atoms with Gasteiger partial charge in [0.15, 0.2) is 0 Å². The van der Waals surface area contributed by atoms with Gasteiger partial charge in [-0.2, -0.15) is 0 Å². The molecule has 0 saturated carbocycles. The first-order valence-electron chi connectivity index (χ1n) is 5.14. The van der Waals surface area contributed by atoms with Crippen LogP contribution in [0.2, 0.25) is 5.02 Å². The molecule has 2 rings (SSSR count). The topological polar surface area (TPSA) is 63.4 Å². The van der Waals surface area contributed by atoms with Gasteiger partial charge in [-0.15, -0.1) is 0 Å². The quantitative estimate of drug-likeness (QED) is 0.830. The summed E-state index contributed by atoms with van der Waals surface area (Å²) in [5, 5.41) is -0.290. The molecule has 0 radical (unpaired) electrons. The number of benzene rings is 1. The summed E-state index contributed by atoms with van der Waals surface area (Å²) in [6.07, 6.45) is -0.0796. The zero-order chi connectivity index (χ0) is 13.4. The number of anilines is 1. The van der Waals surface area contributed by atoms with Gasteiger partial charge in [-0.3, -0.25) is 9.59 Å². The summed E-state index contributed by atoms with van der Waals surface area (Å²) >= 11 is 5.54. The lowest BCUT2D eigenvalue weighted by Crippen LogP contribution is -2.29. The van der Waals surface area contributed by atoms with Crippen molar-refractivity contribution in [2.45, 2.75) is 6.42 Å². The fraction of sp³-hybridized carbons (Fsp3) is 0.273. The minimum Gasteiger partial charge on any atom is -0.369 e. The van der Waals surface area contributed by atoms with Gasteiger partial charge in [-0.25, -0.2) is 8.78 Å². The standard InChI is InChI=1S/C11H9ClF2N2O2/c12-6-2-9(8(14)3-7(6)13)16-4-5(11(15)18)1-10(16)17/h2-3,5H,1,4H2,(H2,15,18). The number of nitrogens with two attached hydrogens (primary N) is 1. The van der Waals surface area contributed by atoms with E-state index in [-0.39, 0.29) is 23.7 Å². The van der Waals surface area contributed by atoms with Crippen molar-refractivity contribution in [1.29, 1.82) is 0 Å². The van der Waals surface area contributed by atoms with Gasteiger partial charge in [-0.1, -0.05) is 11.6 Å². The average Bonchev–Trinajstić information content (AvgIpc) is 2.66. The normalized spacial score (nSPS) is 19.4. The van der Waals surface area contributed by atoms with E-state index in [2.05, 4.69) is 0 Å². The molecule has 1 atom stereocenters. The van der Waals surface area contributed by atoms with Crippen LogP contribution >= 0.6 is 11.6 Å². The number of carbonyl (C=O) groups excluding carboxylic acids is 2. The van der Waals surface area contributed by atoms with Crippen LogP contribution in [0.3, 0.4) is 0 Å². The number of amides is 2. The Morgan fingerprint density at radius 3 is 2.61 bits per heavy atom. The Morgan fingerprint density at radius 1 is 1.39 bits per heavy atom. The van der Waals surface area contributed by atoms with Crippen molar-refractivity contribution < 1.29 is 18.4 Å². The SMILES string of the molecule is NC(=O)C1CC(=O)N(c2cc(Cl)c(F)cc2F)C1. The molecular formula is C11H9ClF2N2O2. The van der Waals surface area contributed by atoms with Crippen LogP contribution in [0.1, 0.15) is 6.42 Å². The molecule has 1 heterocycles. The van der Waals surface area contributed by atoms with E-state index in [0.29, 0.717) is 6.07 Å². The third kappa shape index (κ3) is 2.15. The highest BCUT2D eigenvalue weighted by atomic mass is 35.5. The van der Waals surface area contributed by atoms with Crippen LogP contribution in [-0.2, 0) is 9.59 Å². The lowest BCUT2D eigenvalue weighted by molar-refractivity contribution is -0.123. The highest BCUT2D eigenvalue weighted by molar-refractivity contribution is 6.31. The van der Waals surface area contributed by atoms with Gasteiger partial charge in [0.1, 0.15) is 11.6 Å². The monoisotopic (exact) mass is 274 g/mol. The summed E-state index contributed by atoms with van der Waals surface area (Å²) in [4.78, 5) is 23.7. The summed E-state index contributed by atoms with van der Waals surface area (Å²) in [6, 6.07) is 1.62. The van der Waals surface area contributed by atoms with E-state index in [1.54, 1.807) is 0 Å². The van der Waals surface area contributed by atoms with Crippen molar-refractivity contribution in [3.8, 4) is 0 Å². The molecule has 0 spiro atoms. The predicted molar refractivity (Wildman–Crippen MR) is 61.0 cm³/mol. The molecule has 18 heavy (non-hydrogen) atoms. The second-order valence-corrected chi connectivity index (χ2v) is 4.43. The minimum atomic E-state index is -0.907. The van der Waals surface area contributed by atoms with E-state index < -0.39 is 29.4 Å². The fourth-order valence-electron chi connectivity index (χ4n) is 1.85. The van der Waals surface area contributed by atoms with E-state index >= 15 is 0 Å². The zero-order valence-corrected chi connectivity index (χ0v) is 9.88. The zero-order valence-electron chi connectivity index (χ0n) is 9.12. The third-order valence-electron chi connectivity index (χ3n) is 2.81. The summed E-state index contributed by atoms with van der Waals surface area (Å²) in [5.41, 5.74) is 4.95. The number of carbonyl (C=O) groups is 2. The van der Waals surface area contributed by atoms with Crippen molar-refractivity contribution in [1.82, 2.24) is 0 Å². The maximum atomic E-state index is 13.6. The molecule has 1 aliphatic heterocycles. The van der Waals surface area contributed by atoms with Crippen LogP contribution in [0.15, 0.2) is 12.1 Å². The van der Waals surface area contributed by atoms with Crippen molar-refractivity contribution in [3.63, 3.8) is 0 Å². The van der Waals surface area contributed by atoms with Crippen LogP contribution in [-0.4, -0.2) is 18.4 Å². The smallest absolute Gasteiger partial charge is 0.227 e. The van der Waals surface area contributed by atoms with Gasteiger partial charge in [0.05, 0.1) is 16.6 Å². The van der Waals surface area contributed by atoms with E-state index in [0.717, 1.165) is 11.0 Å². The minimum absolute atomic E-state index is 0.0208. The van der Waals surface area contributed by atoms with E-state index in [1.807, 2.05) is 0 Å². The summed E-state index contributed by atoms with van der Waals surface area (Å²) in [6.45, 7) is -0.0208. The van der Waals surface area contributed by atoms with E-state index in [1.165, 1.54) is 0 Å². The molecule has 1 aromatic rings. The van der Waals surface area contributed by atoms with E-state index in [9.17, 15) is 18.4 Å². The van der Waals surface area contributed by atoms with Crippen molar-refractivity contribution >= 4 is 29.1 Å². The molecular weight excluding hydrogens is 266 g/mol. The average molecular weight is 275 g/mol. The molecule has 0 aliphatic carbocycles. The summed E-state index contributed by atoms with van der Waals surface area (Å²) < 4.78 is 26.6. The lowest BCUT2D eigenvalue weighted by atomic mass is 10.1. The van der Waals surface area contributed by atoms with Crippen LogP contribution in [0, 0.1) is 17.6 Å². The first-order valence-corrected chi connectivity index (χ1v) is 5.52. The molecule has 2 amide bonds. The number of primary amides is 1. The largest absolute Gasteiger partial charge is 0.369 e. The lowest BCUT2D eigenvalue weighted by Gasteiger charge is -2.17. The molecule has 1 unspecified atom stereocenters. The van der Waals surface area contributed by atoms with Gasteiger partial charge in [-0.05, 0) is 6.07 Å². The van der Waals surface area contributed by atoms with Gasteiger partial charge in [0.2, 0.25) is 11.8 Å². The molecule has 1 aromatic carbocycles. The second kappa shape index (κ2) is 4.53. The molecule has 1 aliphatic rings. The first-order chi connectivity index (χ1) is 8.40. The first kappa shape index (κ1) is 12.8. The predicted octanol–water partition coefficient (Wildman–Crippen LogP) is 1.46. The molecule has 7 heteroatoms. The Balaban J connectivity index is 2.35. The molecule has 0 aromatic heterocycles. The highest BCUT2D eigenvalue weighted by Gasteiger charge is 2.35. The number of rotatable bonds is 2. The van der Waals surface area contributed by atoms with Crippen LogP contribution in [0.5, 0.6) is 0 Å². The number of nitrogens with zero attached hydrogens (tertiary/aromatic N) is 1. The maximum Gasteiger partial charge on any atom is 0.227 e. The van der Waals surface area contributed by atoms with Crippen molar-refractivity contribution in [2.75, 3.05) is 11.4 Å². The van der Waals surface area contributed by atoms with Crippen molar-refractivity contribution in [3.05, 3.63) is 28.8 Å². The number of hydrogen-bond acceptors (Lipinski definition) is 2. The van der Waals surface area contributed by atoms with Gasteiger partial charge in [0, 0.05) is 19.0 Å². The molecule has 4 nitrogen and oxygen atoms in total. The molecule has 1 fully saturated rings. The molecule has 2 N–H and O–H groups in total. The second-order valence-electron chi connectivity index (χ2n) is 4.03. The van der Waals surface area contributed by atoms with Gasteiger partial charge < -0.3 is 10.6 Å².